The molecule has 0 amide bonds. The van der Waals surface area contributed by atoms with Gasteiger partial charge in [-0.2, -0.15) is 11.3 Å². The number of benzene rings is 1. The van der Waals surface area contributed by atoms with Crippen molar-refractivity contribution in [3.8, 4) is 0 Å². The van der Waals surface area contributed by atoms with Crippen LogP contribution in [0.3, 0.4) is 0 Å². The Bertz CT molecular complexity index is 495. The molecule has 2 rings (SSSR count). The minimum absolute atomic E-state index is 0.185. The Kier molecular flexibility index (Phi) is 4.92. The van der Waals surface area contributed by atoms with Crippen molar-refractivity contribution in [2.75, 3.05) is 6.54 Å². The van der Waals surface area contributed by atoms with E-state index in [1.54, 1.807) is 11.3 Å². The maximum absolute atomic E-state index is 12.9. The first-order valence-electron chi connectivity index (χ1n) is 5.90. The molecule has 1 heterocycles. The standard InChI is InChI=1S/C14H15BrFNS/c1-2-17-14(12-8-18-9-13(12)15)7-10-3-5-11(16)6-4-10/h3-6,8-9,14,17H,2,7H2,1H3. The van der Waals surface area contributed by atoms with E-state index in [-0.39, 0.29) is 11.9 Å². The zero-order valence-corrected chi connectivity index (χ0v) is 12.5. The van der Waals surface area contributed by atoms with Gasteiger partial charge in [0.2, 0.25) is 0 Å². The molecule has 1 atom stereocenters. The molecule has 0 aliphatic heterocycles. The van der Waals surface area contributed by atoms with Crippen molar-refractivity contribution < 1.29 is 4.39 Å². The van der Waals surface area contributed by atoms with E-state index in [9.17, 15) is 4.39 Å². The third-order valence-corrected chi connectivity index (χ3v) is 4.57. The number of hydrogen-bond acceptors (Lipinski definition) is 2. The predicted octanol–water partition coefficient (Wildman–Crippen LogP) is 4.54. The molecule has 4 heteroatoms. The van der Waals surface area contributed by atoms with Crippen LogP contribution in [-0.2, 0) is 6.42 Å². The molecular weight excluding hydrogens is 313 g/mol. The van der Waals surface area contributed by atoms with Crippen LogP contribution in [0.4, 0.5) is 4.39 Å². The average Bonchev–Trinajstić information content (AvgIpc) is 2.78. The lowest BCUT2D eigenvalue weighted by atomic mass is 10.0. The molecule has 1 nitrogen and oxygen atoms in total. The van der Waals surface area contributed by atoms with Crippen LogP contribution in [0.25, 0.3) is 0 Å². The van der Waals surface area contributed by atoms with Gasteiger partial charge in [0.05, 0.1) is 0 Å². The second-order valence-electron chi connectivity index (χ2n) is 4.12. The third-order valence-electron chi connectivity index (χ3n) is 2.82. The van der Waals surface area contributed by atoms with Crippen LogP contribution < -0.4 is 5.32 Å². The number of nitrogens with one attached hydrogen (secondary N) is 1. The predicted molar refractivity (Wildman–Crippen MR) is 78.5 cm³/mol. The van der Waals surface area contributed by atoms with Crippen LogP contribution in [0.5, 0.6) is 0 Å². The summed E-state index contributed by atoms with van der Waals surface area (Å²) in [6, 6.07) is 6.99. The van der Waals surface area contributed by atoms with Gasteiger partial charge in [-0.25, -0.2) is 4.39 Å². The highest BCUT2D eigenvalue weighted by molar-refractivity contribution is 9.10. The number of rotatable bonds is 5. The normalized spacial score (nSPS) is 12.6. The largest absolute Gasteiger partial charge is 0.310 e. The molecule has 1 aromatic heterocycles. The number of hydrogen-bond donors (Lipinski definition) is 1. The van der Waals surface area contributed by atoms with E-state index in [0.29, 0.717) is 0 Å². The Morgan fingerprint density at radius 2 is 2.00 bits per heavy atom. The second-order valence-corrected chi connectivity index (χ2v) is 5.71. The lowest BCUT2D eigenvalue weighted by molar-refractivity contribution is 0.548. The quantitative estimate of drug-likeness (QED) is 0.849. The summed E-state index contributed by atoms with van der Waals surface area (Å²) >= 11 is 5.26. The lowest BCUT2D eigenvalue weighted by Gasteiger charge is -2.17. The van der Waals surface area contributed by atoms with Crippen molar-refractivity contribution in [1.29, 1.82) is 0 Å². The Morgan fingerprint density at radius 3 is 2.56 bits per heavy atom. The summed E-state index contributed by atoms with van der Waals surface area (Å²) in [6.07, 6.45) is 0.865. The van der Waals surface area contributed by atoms with E-state index >= 15 is 0 Å². The van der Waals surface area contributed by atoms with Gasteiger partial charge in [-0.1, -0.05) is 19.1 Å². The van der Waals surface area contributed by atoms with Gasteiger partial charge in [0.25, 0.3) is 0 Å². The zero-order chi connectivity index (χ0) is 13.0. The Hall–Kier alpha value is -0.710. The molecular formula is C14H15BrFNS. The highest BCUT2D eigenvalue weighted by atomic mass is 79.9. The summed E-state index contributed by atoms with van der Waals surface area (Å²) in [4.78, 5) is 0. The number of thiophene rings is 1. The van der Waals surface area contributed by atoms with E-state index in [2.05, 4.69) is 38.9 Å². The first-order chi connectivity index (χ1) is 8.70. The molecule has 0 aliphatic rings. The highest BCUT2D eigenvalue weighted by Gasteiger charge is 2.14. The van der Waals surface area contributed by atoms with Crippen LogP contribution >= 0.6 is 27.3 Å². The summed E-state index contributed by atoms with van der Waals surface area (Å²) in [5, 5.41) is 7.71. The second kappa shape index (κ2) is 6.45. The number of halogens is 2. The summed E-state index contributed by atoms with van der Waals surface area (Å²) < 4.78 is 14.0. The Balaban J connectivity index is 2.16. The van der Waals surface area contributed by atoms with Gasteiger partial charge in [-0.15, -0.1) is 0 Å². The third kappa shape index (κ3) is 3.40. The smallest absolute Gasteiger partial charge is 0.123 e. The molecule has 0 saturated carbocycles. The molecule has 0 aliphatic carbocycles. The molecule has 1 N–H and O–H groups in total. The molecule has 1 aromatic carbocycles. The maximum atomic E-state index is 12.9. The van der Waals surface area contributed by atoms with Crippen LogP contribution in [0, 0.1) is 5.82 Å². The summed E-state index contributed by atoms with van der Waals surface area (Å²) in [7, 11) is 0. The molecule has 0 bridgehead atoms. The minimum atomic E-state index is -0.185. The van der Waals surface area contributed by atoms with Crippen LogP contribution in [0.2, 0.25) is 0 Å². The number of likely N-dealkylation sites (N-methyl/N-ethyl adjacent to an activating group) is 1. The van der Waals surface area contributed by atoms with Gasteiger partial charge in [0.1, 0.15) is 5.82 Å². The molecule has 0 radical (unpaired) electrons. The summed E-state index contributed by atoms with van der Waals surface area (Å²) in [6.45, 7) is 3.01. The fourth-order valence-corrected chi connectivity index (χ4v) is 3.56. The first kappa shape index (κ1) is 13.7. The lowest BCUT2D eigenvalue weighted by Crippen LogP contribution is -2.22. The van der Waals surface area contributed by atoms with E-state index in [4.69, 9.17) is 0 Å². The average molecular weight is 328 g/mol. The van der Waals surface area contributed by atoms with Crippen molar-refractivity contribution in [3.05, 3.63) is 56.4 Å². The van der Waals surface area contributed by atoms with Gasteiger partial charge in [0, 0.05) is 15.9 Å². The molecule has 0 saturated heterocycles. The Labute approximate surface area is 119 Å². The van der Waals surface area contributed by atoms with Crippen molar-refractivity contribution in [2.24, 2.45) is 0 Å². The SMILES string of the molecule is CCNC(Cc1ccc(F)cc1)c1cscc1Br. The fourth-order valence-electron chi connectivity index (χ4n) is 1.93. The van der Waals surface area contributed by atoms with Gasteiger partial charge in [0.15, 0.2) is 0 Å². The van der Waals surface area contributed by atoms with E-state index in [1.165, 1.54) is 17.7 Å². The molecule has 96 valence electrons. The van der Waals surface area contributed by atoms with Crippen molar-refractivity contribution >= 4 is 27.3 Å². The molecule has 0 spiro atoms. The van der Waals surface area contributed by atoms with Crippen molar-refractivity contribution in [3.63, 3.8) is 0 Å². The molecule has 18 heavy (non-hydrogen) atoms. The monoisotopic (exact) mass is 327 g/mol. The highest BCUT2D eigenvalue weighted by Crippen LogP contribution is 2.29. The van der Waals surface area contributed by atoms with Gasteiger partial charge in [-0.05, 0) is 57.5 Å². The van der Waals surface area contributed by atoms with Gasteiger partial charge in [-0.3, -0.25) is 0 Å². The van der Waals surface area contributed by atoms with Crippen molar-refractivity contribution in [2.45, 2.75) is 19.4 Å². The van der Waals surface area contributed by atoms with Crippen LogP contribution in [0.15, 0.2) is 39.5 Å². The summed E-state index contributed by atoms with van der Waals surface area (Å²) in [5.41, 5.74) is 2.41. The first-order valence-corrected chi connectivity index (χ1v) is 7.63. The summed E-state index contributed by atoms with van der Waals surface area (Å²) in [5.74, 6) is -0.185. The van der Waals surface area contributed by atoms with Crippen LogP contribution in [0.1, 0.15) is 24.1 Å². The zero-order valence-electron chi connectivity index (χ0n) is 10.1. The van der Waals surface area contributed by atoms with Crippen LogP contribution in [-0.4, -0.2) is 6.54 Å². The van der Waals surface area contributed by atoms with Gasteiger partial charge >= 0.3 is 0 Å². The van der Waals surface area contributed by atoms with E-state index in [1.807, 2.05) is 12.1 Å². The van der Waals surface area contributed by atoms with Crippen molar-refractivity contribution in [1.82, 2.24) is 5.32 Å². The molecule has 2 aromatic rings. The fraction of sp³-hybridized carbons (Fsp3) is 0.286. The van der Waals surface area contributed by atoms with Gasteiger partial charge < -0.3 is 5.32 Å². The minimum Gasteiger partial charge on any atom is -0.310 e. The topological polar surface area (TPSA) is 12.0 Å². The molecule has 0 fully saturated rings. The molecule has 1 unspecified atom stereocenters. The maximum Gasteiger partial charge on any atom is 0.123 e. The van der Waals surface area contributed by atoms with E-state index in [0.717, 1.165) is 23.0 Å². The van der Waals surface area contributed by atoms with E-state index < -0.39 is 0 Å². The Morgan fingerprint density at radius 1 is 1.28 bits per heavy atom.